The highest BCUT2D eigenvalue weighted by Crippen LogP contribution is 2.39. The summed E-state index contributed by atoms with van der Waals surface area (Å²) in [4.78, 5) is 10.8. The number of benzene rings is 2. The van der Waals surface area contributed by atoms with Crippen LogP contribution in [-0.4, -0.2) is 33.1 Å². The number of aliphatic imine (C=N–C) groups is 2. The van der Waals surface area contributed by atoms with Crippen LogP contribution in [0.25, 0.3) is 0 Å². The summed E-state index contributed by atoms with van der Waals surface area (Å²) in [6.07, 6.45) is 4.77. The number of methoxy groups -OCH3 is 1. The van der Waals surface area contributed by atoms with Gasteiger partial charge in [-0.05, 0) is 62.1 Å². The first-order valence-corrected chi connectivity index (χ1v) is 11.6. The van der Waals surface area contributed by atoms with Crippen molar-refractivity contribution in [2.75, 3.05) is 16.7 Å². The third-order valence-electron chi connectivity index (χ3n) is 5.58. The monoisotopic (exact) mass is 442 g/mol. The maximum absolute atomic E-state index is 12.8. The Hall–Kier alpha value is -3.27. The molecule has 0 saturated heterocycles. The van der Waals surface area contributed by atoms with Crippen LogP contribution in [0.1, 0.15) is 32.1 Å². The van der Waals surface area contributed by atoms with Gasteiger partial charge in [-0.1, -0.05) is 12.5 Å². The van der Waals surface area contributed by atoms with Crippen molar-refractivity contribution in [2.45, 2.75) is 42.7 Å². The lowest BCUT2D eigenvalue weighted by atomic mass is 9.87. The van der Waals surface area contributed by atoms with E-state index in [2.05, 4.69) is 14.7 Å². The van der Waals surface area contributed by atoms with E-state index in [1.807, 2.05) is 4.90 Å². The fourth-order valence-corrected chi connectivity index (χ4v) is 5.22. The molecule has 1 heterocycles. The molecule has 2 aromatic rings. The smallest absolute Gasteiger partial charge is 0.261 e. The van der Waals surface area contributed by atoms with Crippen molar-refractivity contribution in [1.82, 2.24) is 0 Å². The van der Waals surface area contributed by atoms with E-state index in [9.17, 15) is 8.42 Å². The Morgan fingerprint density at radius 1 is 1.06 bits per heavy atom. The maximum Gasteiger partial charge on any atom is 0.261 e. The molecule has 2 aliphatic rings. The first-order valence-electron chi connectivity index (χ1n) is 10.1. The standard InChI is InChI=1S/C21H26N6O3S/c1-30-17-7-5-6-15(14-17)26-31(28,29)18-10-8-16(9-11-18)27-20(23)24-19(22)25-21(27)12-3-2-4-13-21/h5-11,14,26H,2-4,12-13H2,1H3,(H4,22,23,24,25). The van der Waals surface area contributed by atoms with Crippen LogP contribution in [0.4, 0.5) is 11.4 Å². The second-order valence-corrected chi connectivity index (χ2v) is 9.33. The second kappa shape index (κ2) is 8.10. The Balaban J connectivity index is 1.62. The van der Waals surface area contributed by atoms with E-state index in [1.165, 1.54) is 7.11 Å². The molecular weight excluding hydrogens is 416 g/mol. The third-order valence-corrected chi connectivity index (χ3v) is 6.98. The number of ether oxygens (including phenoxy) is 1. The Kier molecular flexibility index (Phi) is 5.48. The lowest BCUT2D eigenvalue weighted by Gasteiger charge is -2.45. The zero-order chi connectivity index (χ0) is 22.1. The lowest BCUT2D eigenvalue weighted by molar-refractivity contribution is 0.305. The summed E-state index contributed by atoms with van der Waals surface area (Å²) in [6.45, 7) is 0. The fraction of sp³-hybridized carbons (Fsp3) is 0.333. The highest BCUT2D eigenvalue weighted by Gasteiger charge is 2.42. The Morgan fingerprint density at radius 2 is 1.77 bits per heavy atom. The Bertz CT molecular complexity index is 1120. The maximum atomic E-state index is 12.8. The molecule has 0 amide bonds. The Morgan fingerprint density at radius 3 is 2.45 bits per heavy atom. The van der Waals surface area contributed by atoms with Crippen LogP contribution in [0.5, 0.6) is 5.75 Å². The fourth-order valence-electron chi connectivity index (χ4n) is 4.17. The number of nitrogens with one attached hydrogen (secondary N) is 1. The number of hydrogen-bond donors (Lipinski definition) is 3. The van der Waals surface area contributed by atoms with Crippen molar-refractivity contribution in [3.63, 3.8) is 0 Å². The lowest BCUT2D eigenvalue weighted by Crippen LogP contribution is -2.58. The van der Waals surface area contributed by atoms with Gasteiger partial charge in [0.15, 0.2) is 0 Å². The number of nitrogens with two attached hydrogens (primary N) is 2. The second-order valence-electron chi connectivity index (χ2n) is 7.65. The van der Waals surface area contributed by atoms with E-state index >= 15 is 0 Å². The van der Waals surface area contributed by atoms with Crippen molar-refractivity contribution in [2.24, 2.45) is 21.5 Å². The summed E-state index contributed by atoms with van der Waals surface area (Å²) in [5, 5.41) is 0. The highest BCUT2D eigenvalue weighted by atomic mass is 32.2. The molecule has 5 N–H and O–H groups in total. The van der Waals surface area contributed by atoms with Crippen LogP contribution in [0.3, 0.4) is 0 Å². The third kappa shape index (κ3) is 4.15. The molecule has 0 bridgehead atoms. The van der Waals surface area contributed by atoms with E-state index in [0.29, 0.717) is 11.4 Å². The van der Waals surface area contributed by atoms with Gasteiger partial charge in [0.25, 0.3) is 10.0 Å². The Labute approximate surface area is 181 Å². The van der Waals surface area contributed by atoms with Crippen LogP contribution in [0, 0.1) is 0 Å². The van der Waals surface area contributed by atoms with Gasteiger partial charge in [0.2, 0.25) is 11.9 Å². The van der Waals surface area contributed by atoms with Gasteiger partial charge in [-0.3, -0.25) is 9.62 Å². The molecule has 1 aliphatic carbocycles. The molecule has 0 atom stereocenters. The zero-order valence-electron chi connectivity index (χ0n) is 17.3. The first-order chi connectivity index (χ1) is 14.8. The minimum atomic E-state index is -3.77. The molecule has 4 rings (SSSR count). The SMILES string of the molecule is COc1cccc(NS(=O)(=O)c2ccc(N3C(N)=NC(N)=NC34CCCCC4)cc2)c1. The number of rotatable bonds is 5. The van der Waals surface area contributed by atoms with Crippen molar-refractivity contribution in [1.29, 1.82) is 0 Å². The molecule has 0 aromatic heterocycles. The average molecular weight is 443 g/mol. The van der Waals surface area contributed by atoms with Crippen LogP contribution in [0.15, 0.2) is 63.4 Å². The highest BCUT2D eigenvalue weighted by molar-refractivity contribution is 7.92. The molecule has 1 aliphatic heterocycles. The van der Waals surface area contributed by atoms with Gasteiger partial charge in [-0.15, -0.1) is 0 Å². The molecule has 2 aromatic carbocycles. The van der Waals surface area contributed by atoms with Crippen molar-refractivity contribution >= 4 is 33.3 Å². The first kappa shape index (κ1) is 21.0. The summed E-state index contributed by atoms with van der Waals surface area (Å²) in [7, 11) is -2.25. The molecule has 0 radical (unpaired) electrons. The predicted octanol–water partition coefficient (Wildman–Crippen LogP) is 2.61. The van der Waals surface area contributed by atoms with Gasteiger partial charge < -0.3 is 16.2 Å². The molecule has 10 heteroatoms. The van der Waals surface area contributed by atoms with Gasteiger partial charge in [-0.2, -0.15) is 4.99 Å². The van der Waals surface area contributed by atoms with Gasteiger partial charge >= 0.3 is 0 Å². The van der Waals surface area contributed by atoms with E-state index < -0.39 is 15.7 Å². The van der Waals surface area contributed by atoms with Crippen LogP contribution >= 0.6 is 0 Å². The molecular formula is C21H26N6O3S. The van der Waals surface area contributed by atoms with Crippen LogP contribution in [0.2, 0.25) is 0 Å². The normalized spacial score (nSPS) is 18.3. The van der Waals surface area contributed by atoms with Crippen molar-refractivity contribution in [3.8, 4) is 5.75 Å². The molecule has 9 nitrogen and oxygen atoms in total. The number of hydrogen-bond acceptors (Lipinski definition) is 8. The summed E-state index contributed by atoms with van der Waals surface area (Å²) >= 11 is 0. The number of guanidine groups is 2. The number of sulfonamides is 1. The largest absolute Gasteiger partial charge is 0.497 e. The summed E-state index contributed by atoms with van der Waals surface area (Å²) < 4.78 is 33.4. The predicted molar refractivity (Wildman–Crippen MR) is 122 cm³/mol. The van der Waals surface area contributed by atoms with E-state index in [-0.39, 0.29) is 16.8 Å². The van der Waals surface area contributed by atoms with E-state index in [4.69, 9.17) is 16.2 Å². The average Bonchev–Trinajstić information content (AvgIpc) is 2.74. The molecule has 0 unspecified atom stereocenters. The minimum Gasteiger partial charge on any atom is -0.497 e. The van der Waals surface area contributed by atoms with Crippen molar-refractivity contribution in [3.05, 3.63) is 48.5 Å². The van der Waals surface area contributed by atoms with Crippen LogP contribution < -0.4 is 25.8 Å². The molecule has 1 saturated carbocycles. The topological polar surface area (TPSA) is 135 Å². The summed E-state index contributed by atoms with van der Waals surface area (Å²) in [6, 6.07) is 13.3. The molecule has 164 valence electrons. The van der Waals surface area contributed by atoms with Gasteiger partial charge in [-0.25, -0.2) is 13.4 Å². The summed E-state index contributed by atoms with van der Waals surface area (Å²) in [5.41, 5.74) is 12.7. The van der Waals surface area contributed by atoms with Crippen molar-refractivity contribution < 1.29 is 13.2 Å². The zero-order valence-corrected chi connectivity index (χ0v) is 18.1. The number of nitrogens with zero attached hydrogens (tertiary/aromatic N) is 3. The van der Waals surface area contributed by atoms with Crippen LogP contribution in [-0.2, 0) is 10.0 Å². The van der Waals surface area contributed by atoms with Gasteiger partial charge in [0.1, 0.15) is 11.4 Å². The molecule has 1 spiro atoms. The molecule has 31 heavy (non-hydrogen) atoms. The van der Waals surface area contributed by atoms with Gasteiger partial charge in [0, 0.05) is 11.8 Å². The minimum absolute atomic E-state index is 0.132. The van der Waals surface area contributed by atoms with E-state index in [1.54, 1.807) is 48.5 Å². The van der Waals surface area contributed by atoms with E-state index in [0.717, 1.165) is 37.8 Å². The number of anilines is 2. The quantitative estimate of drug-likeness (QED) is 0.651. The van der Waals surface area contributed by atoms with Gasteiger partial charge in [0.05, 0.1) is 17.7 Å². The summed E-state index contributed by atoms with van der Waals surface area (Å²) in [5.74, 6) is 1.00. The molecule has 1 fully saturated rings.